The van der Waals surface area contributed by atoms with Gasteiger partial charge >= 0.3 is 0 Å². The lowest BCUT2D eigenvalue weighted by molar-refractivity contribution is 0.309. The molecule has 0 aromatic heterocycles. The molecule has 1 aliphatic rings. The van der Waals surface area contributed by atoms with Gasteiger partial charge in [0.1, 0.15) is 12.4 Å². The molecule has 0 aliphatic heterocycles. The lowest BCUT2D eigenvalue weighted by Crippen LogP contribution is -2.18. The van der Waals surface area contributed by atoms with Gasteiger partial charge in [-0.15, -0.1) is 0 Å². The fraction of sp³-hybridized carbons (Fsp3) is 0.241. The summed E-state index contributed by atoms with van der Waals surface area (Å²) in [7, 11) is 4.82. The molecule has 2 nitrogen and oxygen atoms in total. The van der Waals surface area contributed by atoms with Crippen LogP contribution in [-0.2, 0) is 19.6 Å². The van der Waals surface area contributed by atoms with Gasteiger partial charge in [0.05, 0.1) is 0 Å². The zero-order valence-electron chi connectivity index (χ0n) is 19.0. The Morgan fingerprint density at radius 1 is 0.875 bits per heavy atom. The Morgan fingerprint density at radius 3 is 2.47 bits per heavy atom. The van der Waals surface area contributed by atoms with Gasteiger partial charge in [-0.1, -0.05) is 93.5 Å². The first-order valence-corrected chi connectivity index (χ1v) is 12.3. The average molecular weight is 442 g/mol. The quantitative estimate of drug-likeness (QED) is 0.399. The molecule has 3 aromatic carbocycles. The first-order valence-electron chi connectivity index (χ1n) is 11.3. The number of hydrogen-bond donors (Lipinski definition) is 0. The number of hydrogen-bond acceptors (Lipinski definition) is 2. The minimum absolute atomic E-state index is 0.566. The third kappa shape index (κ3) is 6.42. The fourth-order valence-corrected chi connectivity index (χ4v) is 5.34. The molecule has 3 heteroatoms. The molecular weight excluding hydrogens is 409 g/mol. The predicted octanol–water partition coefficient (Wildman–Crippen LogP) is 5.63. The molecule has 4 rings (SSSR count). The van der Waals surface area contributed by atoms with E-state index in [1.54, 1.807) is 0 Å². The Kier molecular flexibility index (Phi) is 7.93. The van der Waals surface area contributed by atoms with Crippen LogP contribution in [0.15, 0.2) is 97.1 Å². The second kappa shape index (κ2) is 11.3. The van der Waals surface area contributed by atoms with Gasteiger partial charge in [0, 0.05) is 11.8 Å². The highest BCUT2D eigenvalue weighted by Gasteiger charge is 2.13. The van der Waals surface area contributed by atoms with E-state index in [1.165, 1.54) is 27.3 Å². The van der Waals surface area contributed by atoms with Gasteiger partial charge in [-0.25, -0.2) is 0 Å². The molecule has 32 heavy (non-hydrogen) atoms. The highest BCUT2D eigenvalue weighted by atomic mass is 31.1. The molecule has 0 amide bonds. The smallest absolute Gasteiger partial charge is 0.127 e. The van der Waals surface area contributed by atoms with Crippen LogP contribution in [0.3, 0.4) is 0 Å². The number of ether oxygens (including phenoxy) is 1. The van der Waals surface area contributed by atoms with E-state index in [4.69, 9.17) is 4.74 Å². The van der Waals surface area contributed by atoms with Crippen LogP contribution in [0.5, 0.6) is 5.75 Å². The van der Waals surface area contributed by atoms with Gasteiger partial charge in [0.15, 0.2) is 0 Å². The van der Waals surface area contributed by atoms with Crippen molar-refractivity contribution in [3.63, 3.8) is 0 Å². The van der Waals surface area contributed by atoms with Crippen molar-refractivity contribution in [1.82, 2.24) is 4.90 Å². The summed E-state index contributed by atoms with van der Waals surface area (Å²) < 4.78 is 6.33. The Balaban J connectivity index is 1.59. The zero-order chi connectivity index (χ0) is 22.2. The van der Waals surface area contributed by atoms with E-state index in [1.807, 2.05) is 6.07 Å². The SMILES string of the molecule is CN(C)Cc1ccccc1Pc1cc(CC2C=CC=CC2)ccc1OCc1ccccc1. The lowest BCUT2D eigenvalue weighted by atomic mass is 9.93. The van der Waals surface area contributed by atoms with E-state index in [2.05, 4.69) is 110 Å². The van der Waals surface area contributed by atoms with Gasteiger partial charge < -0.3 is 9.64 Å². The molecular formula is C29H32NOP. The van der Waals surface area contributed by atoms with Gasteiger partial charge in [0.25, 0.3) is 0 Å². The van der Waals surface area contributed by atoms with Crippen LogP contribution in [0.25, 0.3) is 0 Å². The van der Waals surface area contributed by atoms with Crippen LogP contribution in [0.1, 0.15) is 23.1 Å². The highest BCUT2D eigenvalue weighted by molar-refractivity contribution is 7.55. The number of rotatable bonds is 9. The Morgan fingerprint density at radius 2 is 1.69 bits per heavy atom. The van der Waals surface area contributed by atoms with Crippen LogP contribution in [0.4, 0.5) is 0 Å². The molecule has 0 bridgehead atoms. The second-order valence-corrected chi connectivity index (χ2v) is 9.97. The van der Waals surface area contributed by atoms with Crippen LogP contribution in [0, 0.1) is 5.92 Å². The topological polar surface area (TPSA) is 12.5 Å². The third-order valence-electron chi connectivity index (χ3n) is 5.62. The number of nitrogens with zero attached hydrogens (tertiary/aromatic N) is 1. The van der Waals surface area contributed by atoms with Crippen molar-refractivity contribution in [3.8, 4) is 5.75 Å². The van der Waals surface area contributed by atoms with Crippen LogP contribution < -0.4 is 15.3 Å². The first-order chi connectivity index (χ1) is 15.7. The van der Waals surface area contributed by atoms with Crippen molar-refractivity contribution in [1.29, 1.82) is 0 Å². The maximum absolute atomic E-state index is 6.33. The van der Waals surface area contributed by atoms with E-state index >= 15 is 0 Å². The van der Waals surface area contributed by atoms with Crippen molar-refractivity contribution < 1.29 is 4.74 Å². The van der Waals surface area contributed by atoms with Gasteiger partial charge in [-0.05, 0) is 67.0 Å². The summed E-state index contributed by atoms with van der Waals surface area (Å²) in [6.45, 7) is 1.54. The summed E-state index contributed by atoms with van der Waals surface area (Å²) in [5.41, 5.74) is 3.96. The van der Waals surface area contributed by atoms with Crippen LogP contribution in [-0.4, -0.2) is 19.0 Å². The summed E-state index contributed by atoms with van der Waals surface area (Å²) >= 11 is 0. The molecule has 0 saturated heterocycles. The normalized spacial score (nSPS) is 15.7. The summed E-state index contributed by atoms with van der Waals surface area (Å²) in [4.78, 5) is 2.23. The molecule has 3 aromatic rings. The van der Waals surface area contributed by atoms with Crippen molar-refractivity contribution in [2.24, 2.45) is 5.92 Å². The van der Waals surface area contributed by atoms with E-state index in [-0.39, 0.29) is 0 Å². The lowest BCUT2D eigenvalue weighted by Gasteiger charge is -2.18. The minimum atomic E-state index is 0.566. The van der Waals surface area contributed by atoms with Crippen LogP contribution >= 0.6 is 8.58 Å². The molecule has 2 atom stereocenters. The van der Waals surface area contributed by atoms with Crippen molar-refractivity contribution in [2.45, 2.75) is 26.0 Å². The predicted molar refractivity (Wildman–Crippen MR) is 139 cm³/mol. The van der Waals surface area contributed by atoms with Gasteiger partial charge in [-0.3, -0.25) is 0 Å². The number of allylic oxidation sites excluding steroid dienone is 4. The second-order valence-electron chi connectivity index (χ2n) is 8.64. The monoisotopic (exact) mass is 441 g/mol. The van der Waals surface area contributed by atoms with Crippen molar-refractivity contribution in [2.75, 3.05) is 14.1 Å². The highest BCUT2D eigenvalue weighted by Crippen LogP contribution is 2.26. The third-order valence-corrected chi connectivity index (χ3v) is 7.04. The van der Waals surface area contributed by atoms with E-state index < -0.39 is 0 Å². The molecule has 2 unspecified atom stereocenters. The average Bonchev–Trinajstić information content (AvgIpc) is 2.81. The van der Waals surface area contributed by atoms with Crippen molar-refractivity contribution >= 4 is 19.2 Å². The van der Waals surface area contributed by atoms with Crippen LogP contribution in [0.2, 0.25) is 0 Å². The van der Waals surface area contributed by atoms with E-state index in [9.17, 15) is 0 Å². The zero-order valence-corrected chi connectivity index (χ0v) is 20.0. The summed E-state index contributed by atoms with van der Waals surface area (Å²) in [6, 6.07) is 26.0. The molecule has 164 valence electrons. The van der Waals surface area contributed by atoms with E-state index in [0.29, 0.717) is 21.1 Å². The maximum atomic E-state index is 6.33. The number of benzene rings is 3. The fourth-order valence-electron chi connectivity index (χ4n) is 4.01. The molecule has 0 fully saturated rings. The Hall–Kier alpha value is -2.67. The minimum Gasteiger partial charge on any atom is -0.488 e. The largest absolute Gasteiger partial charge is 0.488 e. The van der Waals surface area contributed by atoms with E-state index in [0.717, 1.165) is 25.1 Å². The standard InChI is InChI=1S/C29H32NOP/c1-30(2)21-26-15-9-10-16-28(26)32-29-20-25(19-23-11-5-3-6-12-23)17-18-27(29)31-22-24-13-7-4-8-14-24/h3-11,13-18,20,23,32H,12,19,21-22H2,1-2H3. The summed E-state index contributed by atoms with van der Waals surface area (Å²) in [6.07, 6.45) is 11.1. The molecule has 0 spiro atoms. The van der Waals surface area contributed by atoms with Crippen molar-refractivity contribution in [3.05, 3.63) is 114 Å². The first kappa shape index (κ1) is 22.5. The Bertz CT molecular complexity index is 1070. The van der Waals surface area contributed by atoms with Gasteiger partial charge in [-0.2, -0.15) is 0 Å². The molecule has 0 saturated carbocycles. The molecule has 0 heterocycles. The summed E-state index contributed by atoms with van der Waals surface area (Å²) in [5, 5.41) is 2.68. The summed E-state index contributed by atoms with van der Waals surface area (Å²) in [5.74, 6) is 1.57. The molecule has 1 aliphatic carbocycles. The molecule has 0 radical (unpaired) electrons. The maximum Gasteiger partial charge on any atom is 0.127 e. The van der Waals surface area contributed by atoms with Gasteiger partial charge in [0.2, 0.25) is 0 Å². The molecule has 0 N–H and O–H groups in total. The Labute approximate surface area is 194 Å².